The minimum atomic E-state index is -0.513. The molecule has 0 bridgehead atoms. The maximum atomic E-state index is 12.9. The third kappa shape index (κ3) is 2.56. The lowest BCUT2D eigenvalue weighted by atomic mass is 9.97. The number of likely N-dealkylation sites (tertiary alicyclic amines) is 1. The number of carbonyl (C=O) groups is 1. The molecule has 3 heterocycles. The summed E-state index contributed by atoms with van der Waals surface area (Å²) in [6.07, 6.45) is 5.19. The van der Waals surface area contributed by atoms with E-state index in [1.54, 1.807) is 17.0 Å². The Morgan fingerprint density at radius 3 is 2.83 bits per heavy atom. The van der Waals surface area contributed by atoms with Crippen LogP contribution < -0.4 is 5.32 Å². The highest BCUT2D eigenvalue weighted by molar-refractivity contribution is 5.91. The van der Waals surface area contributed by atoms with Crippen molar-refractivity contribution in [3.8, 4) is 0 Å². The fraction of sp³-hybridized carbons (Fsp3) is 0.500. The summed E-state index contributed by atoms with van der Waals surface area (Å²) >= 11 is 0. The van der Waals surface area contributed by atoms with E-state index >= 15 is 0 Å². The van der Waals surface area contributed by atoms with Crippen LogP contribution in [0.15, 0.2) is 18.5 Å². The number of rotatable bonds is 3. The number of carbonyl (C=O) groups excluding carboxylic acids is 1. The van der Waals surface area contributed by atoms with Gasteiger partial charge >= 0.3 is 0 Å². The molecule has 0 radical (unpaired) electrons. The van der Waals surface area contributed by atoms with Gasteiger partial charge in [-0.3, -0.25) is 4.79 Å². The number of nitrogens with zero attached hydrogens (tertiary/aromatic N) is 5. The Morgan fingerprint density at radius 1 is 1.39 bits per heavy atom. The molecule has 1 aliphatic heterocycles. The first-order valence-corrected chi connectivity index (χ1v) is 7.79. The molecule has 1 aliphatic rings. The zero-order chi connectivity index (χ0) is 16.6. The standard InChI is InChI=1S/C16H22N6O/c1-11-10-12(17-3)20-15(19-11)16(2)6-5-8-22(16)14(23)13-18-7-9-21(13)4/h7,9-10H,5-6,8H2,1-4H3,(H,17,19,20). The fourth-order valence-electron chi connectivity index (χ4n) is 3.15. The zero-order valence-electron chi connectivity index (χ0n) is 14.0. The summed E-state index contributed by atoms with van der Waals surface area (Å²) in [6.45, 7) is 4.67. The van der Waals surface area contributed by atoms with Crippen LogP contribution in [0.5, 0.6) is 0 Å². The van der Waals surface area contributed by atoms with Gasteiger partial charge in [0, 0.05) is 44.8 Å². The Labute approximate surface area is 135 Å². The topological polar surface area (TPSA) is 75.9 Å². The van der Waals surface area contributed by atoms with Crippen LogP contribution in [0.4, 0.5) is 5.82 Å². The maximum absolute atomic E-state index is 12.9. The summed E-state index contributed by atoms with van der Waals surface area (Å²) in [4.78, 5) is 28.2. The van der Waals surface area contributed by atoms with Crippen molar-refractivity contribution in [1.82, 2.24) is 24.4 Å². The van der Waals surface area contributed by atoms with E-state index in [1.165, 1.54) is 0 Å². The lowest BCUT2D eigenvalue weighted by Gasteiger charge is -2.34. The van der Waals surface area contributed by atoms with Gasteiger partial charge < -0.3 is 14.8 Å². The van der Waals surface area contributed by atoms with Crippen molar-refractivity contribution in [3.05, 3.63) is 35.8 Å². The highest BCUT2D eigenvalue weighted by Gasteiger charge is 2.44. The van der Waals surface area contributed by atoms with E-state index in [0.717, 1.165) is 24.4 Å². The molecule has 1 N–H and O–H groups in total. The summed E-state index contributed by atoms with van der Waals surface area (Å²) in [7, 11) is 3.66. The van der Waals surface area contributed by atoms with Crippen LogP contribution in [0, 0.1) is 6.92 Å². The van der Waals surface area contributed by atoms with Crippen LogP contribution >= 0.6 is 0 Å². The van der Waals surface area contributed by atoms with E-state index < -0.39 is 5.54 Å². The molecule has 122 valence electrons. The van der Waals surface area contributed by atoms with Gasteiger partial charge in [-0.1, -0.05) is 0 Å². The van der Waals surface area contributed by atoms with Gasteiger partial charge in [0.1, 0.15) is 11.4 Å². The molecule has 0 aliphatic carbocycles. The molecule has 0 spiro atoms. The van der Waals surface area contributed by atoms with Crippen LogP contribution in [0.25, 0.3) is 0 Å². The summed E-state index contributed by atoms with van der Waals surface area (Å²) in [5, 5.41) is 3.06. The fourth-order valence-corrected chi connectivity index (χ4v) is 3.15. The SMILES string of the molecule is CNc1cc(C)nc(C2(C)CCCN2C(=O)c2nccn2C)n1. The molecule has 7 nitrogen and oxygen atoms in total. The average Bonchev–Trinajstić information content (AvgIpc) is 3.12. The predicted octanol–water partition coefficient (Wildman–Crippen LogP) is 1.71. The van der Waals surface area contributed by atoms with Gasteiger partial charge in [0.15, 0.2) is 11.6 Å². The Morgan fingerprint density at radius 2 is 2.17 bits per heavy atom. The monoisotopic (exact) mass is 314 g/mol. The molecule has 0 aromatic carbocycles. The molecule has 3 rings (SSSR count). The van der Waals surface area contributed by atoms with Crippen molar-refractivity contribution in [3.63, 3.8) is 0 Å². The van der Waals surface area contributed by atoms with Crippen molar-refractivity contribution >= 4 is 11.7 Å². The second-order valence-corrected chi connectivity index (χ2v) is 6.16. The van der Waals surface area contributed by atoms with Crippen molar-refractivity contribution in [2.24, 2.45) is 7.05 Å². The number of amides is 1. The molecule has 7 heteroatoms. The number of hydrogen-bond donors (Lipinski definition) is 1. The number of aryl methyl sites for hydroxylation is 2. The Bertz CT molecular complexity index is 740. The molecular weight excluding hydrogens is 292 g/mol. The first-order valence-electron chi connectivity index (χ1n) is 7.79. The molecule has 1 amide bonds. The summed E-state index contributed by atoms with van der Waals surface area (Å²) in [6, 6.07) is 1.90. The van der Waals surface area contributed by atoms with Crippen molar-refractivity contribution in [2.75, 3.05) is 18.9 Å². The van der Waals surface area contributed by atoms with Crippen molar-refractivity contribution in [2.45, 2.75) is 32.2 Å². The lowest BCUT2D eigenvalue weighted by Crippen LogP contribution is -2.45. The van der Waals surface area contributed by atoms with Crippen LogP contribution in [0.1, 0.15) is 41.9 Å². The third-order valence-electron chi connectivity index (χ3n) is 4.49. The number of imidazole rings is 1. The lowest BCUT2D eigenvalue weighted by molar-refractivity contribution is 0.0587. The largest absolute Gasteiger partial charge is 0.373 e. The van der Waals surface area contributed by atoms with Gasteiger partial charge in [-0.25, -0.2) is 15.0 Å². The first-order chi connectivity index (χ1) is 11.0. The predicted molar refractivity (Wildman–Crippen MR) is 87.1 cm³/mol. The van der Waals surface area contributed by atoms with Crippen LogP contribution in [-0.4, -0.2) is 43.9 Å². The van der Waals surface area contributed by atoms with E-state index in [-0.39, 0.29) is 5.91 Å². The zero-order valence-corrected chi connectivity index (χ0v) is 14.0. The van der Waals surface area contributed by atoms with Gasteiger partial charge in [-0.15, -0.1) is 0 Å². The minimum Gasteiger partial charge on any atom is -0.373 e. The van der Waals surface area contributed by atoms with Gasteiger partial charge in [0.05, 0.1) is 0 Å². The third-order valence-corrected chi connectivity index (χ3v) is 4.49. The molecule has 1 atom stereocenters. The smallest absolute Gasteiger partial charge is 0.290 e. The molecule has 2 aromatic heterocycles. The number of hydrogen-bond acceptors (Lipinski definition) is 5. The molecule has 1 unspecified atom stereocenters. The number of nitrogens with one attached hydrogen (secondary N) is 1. The van der Waals surface area contributed by atoms with E-state index in [9.17, 15) is 4.79 Å². The summed E-state index contributed by atoms with van der Waals surface area (Å²) < 4.78 is 1.75. The quantitative estimate of drug-likeness (QED) is 0.933. The van der Waals surface area contributed by atoms with Crippen molar-refractivity contribution < 1.29 is 4.79 Å². The number of aromatic nitrogens is 4. The second kappa shape index (κ2) is 5.64. The molecule has 1 saturated heterocycles. The minimum absolute atomic E-state index is 0.0754. The van der Waals surface area contributed by atoms with Gasteiger partial charge in [-0.2, -0.15) is 0 Å². The molecular formula is C16H22N6O. The molecule has 1 fully saturated rings. The first kappa shape index (κ1) is 15.5. The normalized spacial score (nSPS) is 20.8. The summed E-state index contributed by atoms with van der Waals surface area (Å²) in [5.41, 5.74) is 0.373. The van der Waals surface area contributed by atoms with Gasteiger partial charge in [0.2, 0.25) is 0 Å². The van der Waals surface area contributed by atoms with E-state index in [2.05, 4.69) is 20.3 Å². The molecule has 0 saturated carbocycles. The van der Waals surface area contributed by atoms with Crippen molar-refractivity contribution in [1.29, 1.82) is 0 Å². The molecule has 23 heavy (non-hydrogen) atoms. The van der Waals surface area contributed by atoms with Crippen LogP contribution in [0.3, 0.4) is 0 Å². The Hall–Kier alpha value is -2.44. The summed E-state index contributed by atoms with van der Waals surface area (Å²) in [5.74, 6) is 1.82. The Kier molecular flexibility index (Phi) is 3.79. The van der Waals surface area contributed by atoms with Gasteiger partial charge in [0.25, 0.3) is 5.91 Å². The highest BCUT2D eigenvalue weighted by atomic mass is 16.2. The van der Waals surface area contributed by atoms with Gasteiger partial charge in [-0.05, 0) is 26.7 Å². The van der Waals surface area contributed by atoms with E-state index in [1.807, 2.05) is 38.9 Å². The highest BCUT2D eigenvalue weighted by Crippen LogP contribution is 2.38. The second-order valence-electron chi connectivity index (χ2n) is 6.16. The number of anilines is 1. The van der Waals surface area contributed by atoms with Crippen LogP contribution in [-0.2, 0) is 12.6 Å². The average molecular weight is 314 g/mol. The van der Waals surface area contributed by atoms with Crippen LogP contribution in [0.2, 0.25) is 0 Å². The van der Waals surface area contributed by atoms with E-state index in [0.29, 0.717) is 18.2 Å². The van der Waals surface area contributed by atoms with E-state index in [4.69, 9.17) is 0 Å². The Balaban J connectivity index is 2.01. The maximum Gasteiger partial charge on any atom is 0.290 e. The molecule has 2 aromatic rings.